The van der Waals surface area contributed by atoms with Crippen molar-refractivity contribution >= 4 is 17.9 Å². The molecule has 0 aliphatic carbocycles. The van der Waals surface area contributed by atoms with Crippen LogP contribution in [0.25, 0.3) is 0 Å². The molecule has 18 heavy (non-hydrogen) atoms. The van der Waals surface area contributed by atoms with Crippen molar-refractivity contribution < 1.29 is 15.1 Å². The molecule has 0 saturated carbocycles. The Kier molecular flexibility index (Phi) is 4.26. The molecule has 10 nitrogen and oxygen atoms in total. The van der Waals surface area contributed by atoms with Crippen LogP contribution < -0.4 is 16.3 Å². The molecule has 0 unspecified atom stereocenters. The summed E-state index contributed by atoms with van der Waals surface area (Å²) >= 11 is 0. The summed E-state index contributed by atoms with van der Waals surface area (Å²) in [5.74, 6) is -0.477. The summed E-state index contributed by atoms with van der Waals surface area (Å²) in [6.45, 7) is 0. The average Bonchev–Trinajstić information content (AvgIpc) is 2.28. The molecule has 94 valence electrons. The number of nitro benzene ring substituents is 1. The van der Waals surface area contributed by atoms with Gasteiger partial charge in [0.25, 0.3) is 5.69 Å². The van der Waals surface area contributed by atoms with Gasteiger partial charge in [-0.05, 0) is 6.07 Å². The number of nitrogens with two attached hydrogens (primary N) is 1. The van der Waals surface area contributed by atoms with Crippen LogP contribution in [0.1, 0.15) is 5.56 Å². The van der Waals surface area contributed by atoms with Crippen molar-refractivity contribution in [1.29, 1.82) is 0 Å². The number of nitrogens with one attached hydrogen (secondary N) is 2. The highest BCUT2D eigenvalue weighted by molar-refractivity contribution is 5.81. The molecule has 0 aromatic heterocycles. The fraction of sp³-hybridized carbons (Fsp3) is 0. The molecule has 0 atom stereocenters. The maximum Gasteiger partial charge on any atom is 0.319 e. The van der Waals surface area contributed by atoms with Gasteiger partial charge in [0.2, 0.25) is 6.21 Å². The van der Waals surface area contributed by atoms with Gasteiger partial charge in [0, 0.05) is 11.2 Å². The van der Waals surface area contributed by atoms with Gasteiger partial charge >= 0.3 is 5.96 Å². The quantitative estimate of drug-likeness (QED) is 0.247. The summed E-state index contributed by atoms with van der Waals surface area (Å²) in [6.07, 6.45) is 1.20. The molecule has 0 aliphatic rings. The Labute approximate surface area is 100 Å². The van der Waals surface area contributed by atoms with E-state index in [1.54, 1.807) is 11.5 Å². The van der Waals surface area contributed by atoms with Gasteiger partial charge in [0.1, 0.15) is 5.56 Å². The number of hydrazine groups is 1. The third-order valence-corrected chi connectivity index (χ3v) is 1.74. The van der Waals surface area contributed by atoms with E-state index in [-0.39, 0.29) is 11.3 Å². The summed E-state index contributed by atoms with van der Waals surface area (Å²) in [4.78, 5) is 20.1. The summed E-state index contributed by atoms with van der Waals surface area (Å²) in [5, 5.41) is 25.4. The lowest BCUT2D eigenvalue weighted by Gasteiger charge is -1.92. The minimum Gasteiger partial charge on any atom is -0.360 e. The van der Waals surface area contributed by atoms with Crippen molar-refractivity contribution in [2.75, 3.05) is 0 Å². The van der Waals surface area contributed by atoms with E-state index in [1.807, 2.05) is 0 Å². The van der Waals surface area contributed by atoms with Crippen molar-refractivity contribution in [2.24, 2.45) is 10.8 Å². The fourth-order valence-corrected chi connectivity index (χ4v) is 1.07. The zero-order chi connectivity index (χ0) is 13.5. The number of hydrogen-bond donors (Lipinski definition) is 3. The Morgan fingerprint density at radius 3 is 2.67 bits per heavy atom. The average molecular weight is 253 g/mol. The Morgan fingerprint density at radius 1 is 1.39 bits per heavy atom. The third-order valence-electron chi connectivity index (χ3n) is 1.74. The van der Waals surface area contributed by atoms with Crippen LogP contribution in [-0.4, -0.2) is 22.1 Å². The maximum atomic E-state index is 10.7. The van der Waals surface area contributed by atoms with E-state index >= 15 is 0 Å². The minimum absolute atomic E-state index is 0.124. The Hall–Kier alpha value is -3.04. The van der Waals surface area contributed by atoms with E-state index < -0.39 is 15.9 Å². The van der Waals surface area contributed by atoms with E-state index in [0.29, 0.717) is 0 Å². The summed E-state index contributed by atoms with van der Waals surface area (Å²) in [7, 11) is 0. The molecule has 1 aromatic rings. The Balaban J connectivity index is 2.85. The first-order valence-electron chi connectivity index (χ1n) is 4.57. The van der Waals surface area contributed by atoms with Crippen LogP contribution in [0.15, 0.2) is 29.4 Å². The van der Waals surface area contributed by atoms with Crippen LogP contribution in [0, 0.1) is 20.2 Å². The van der Waals surface area contributed by atoms with Gasteiger partial charge in [-0.3, -0.25) is 10.1 Å². The number of rotatable bonds is 4. The lowest BCUT2D eigenvalue weighted by atomic mass is 10.2. The van der Waals surface area contributed by atoms with E-state index in [9.17, 15) is 20.2 Å². The first kappa shape index (κ1) is 13.0. The molecule has 1 aromatic carbocycles. The van der Waals surface area contributed by atoms with Gasteiger partial charge in [-0.2, -0.15) is 0 Å². The fourth-order valence-electron chi connectivity index (χ4n) is 1.07. The SMILES string of the molecule is NC(=N/[NH+]=C\c1ccccc1[N+](=O)[O-])N[N+](=O)[O-]. The topological polar surface area (TPSA) is 151 Å². The minimum atomic E-state index is -0.883. The second kappa shape index (κ2) is 5.89. The molecule has 0 saturated heterocycles. The van der Waals surface area contributed by atoms with Crippen LogP contribution in [0.2, 0.25) is 0 Å². The molecule has 0 aliphatic heterocycles. The zero-order valence-corrected chi connectivity index (χ0v) is 8.94. The molecule has 0 bridgehead atoms. The van der Waals surface area contributed by atoms with Gasteiger partial charge in [-0.15, -0.1) is 5.10 Å². The molecular weight excluding hydrogens is 244 g/mol. The van der Waals surface area contributed by atoms with Crippen LogP contribution in [0.4, 0.5) is 5.69 Å². The number of hydrogen-bond acceptors (Lipinski definition) is 5. The van der Waals surface area contributed by atoms with Gasteiger partial charge in [0.15, 0.2) is 5.03 Å². The molecule has 0 radical (unpaired) electrons. The van der Waals surface area contributed by atoms with Crippen LogP contribution in [0.3, 0.4) is 0 Å². The lowest BCUT2D eigenvalue weighted by molar-refractivity contribution is -0.528. The van der Waals surface area contributed by atoms with E-state index in [0.717, 1.165) is 0 Å². The molecule has 0 fully saturated rings. The number of nitrogens with zero attached hydrogens (tertiary/aromatic N) is 3. The van der Waals surface area contributed by atoms with Gasteiger partial charge in [-0.1, -0.05) is 17.6 Å². The number of hydrazone groups is 1. The number of benzene rings is 1. The van der Waals surface area contributed by atoms with Crippen LogP contribution >= 0.6 is 0 Å². The van der Waals surface area contributed by atoms with Crippen molar-refractivity contribution in [3.8, 4) is 0 Å². The lowest BCUT2D eigenvalue weighted by Crippen LogP contribution is -2.64. The van der Waals surface area contributed by atoms with Crippen molar-refractivity contribution in [3.63, 3.8) is 0 Å². The van der Waals surface area contributed by atoms with Crippen LogP contribution in [-0.2, 0) is 0 Å². The van der Waals surface area contributed by atoms with Crippen LogP contribution in [0.5, 0.6) is 0 Å². The smallest absolute Gasteiger partial charge is 0.319 e. The molecule has 10 heteroatoms. The highest BCUT2D eigenvalue weighted by Gasteiger charge is 2.12. The second-order valence-corrected chi connectivity index (χ2v) is 2.96. The predicted molar refractivity (Wildman–Crippen MR) is 61.0 cm³/mol. The van der Waals surface area contributed by atoms with E-state index in [1.165, 1.54) is 24.4 Å². The van der Waals surface area contributed by atoms with Gasteiger partial charge in [0.05, 0.1) is 4.92 Å². The van der Waals surface area contributed by atoms with Gasteiger partial charge < -0.3 is 5.73 Å². The van der Waals surface area contributed by atoms with Crippen molar-refractivity contribution in [3.05, 3.63) is 50.1 Å². The van der Waals surface area contributed by atoms with Crippen molar-refractivity contribution in [2.45, 2.75) is 0 Å². The maximum absolute atomic E-state index is 10.7. The number of nitro groups is 2. The third kappa shape index (κ3) is 3.84. The normalized spacial score (nSPS) is 11.4. The van der Waals surface area contributed by atoms with E-state index in [2.05, 4.69) is 10.2 Å². The van der Waals surface area contributed by atoms with Gasteiger partial charge in [-0.25, -0.2) is 10.1 Å². The highest BCUT2D eigenvalue weighted by Crippen LogP contribution is 2.13. The first-order valence-corrected chi connectivity index (χ1v) is 4.57. The Bertz CT molecular complexity index is 526. The summed E-state index contributed by atoms with van der Waals surface area (Å²) < 4.78 is 0. The van der Waals surface area contributed by atoms with Crippen molar-refractivity contribution in [1.82, 2.24) is 5.43 Å². The predicted octanol–water partition coefficient (Wildman–Crippen LogP) is -1.89. The standard InChI is InChI=1S/C8H8N6O4/c9-8(12-14(17)18)11-10-5-6-3-1-2-4-7(6)13(15)16/h1-5H,(H3,9,11,12)/p+1/b10-5-. The molecular formula is C8H9N6O4+. The first-order chi connectivity index (χ1) is 8.50. The zero-order valence-electron chi connectivity index (χ0n) is 8.94. The molecule has 0 heterocycles. The molecule has 0 spiro atoms. The number of para-hydroxylation sites is 1. The summed E-state index contributed by atoms with van der Waals surface area (Å²) in [6, 6.07) is 5.91. The Morgan fingerprint density at radius 2 is 2.06 bits per heavy atom. The van der Waals surface area contributed by atoms with E-state index in [4.69, 9.17) is 5.73 Å². The number of guanidine groups is 1. The largest absolute Gasteiger partial charge is 0.360 e. The second-order valence-electron chi connectivity index (χ2n) is 2.96. The monoisotopic (exact) mass is 253 g/mol. The molecule has 1 rings (SSSR count). The molecule has 4 N–H and O–H groups in total. The molecule has 0 amide bonds. The summed E-state index contributed by atoms with van der Waals surface area (Å²) in [5.41, 5.74) is 6.86. The highest BCUT2D eigenvalue weighted by atomic mass is 16.7.